The molecule has 24 heavy (non-hydrogen) atoms. The highest BCUT2D eigenvalue weighted by atomic mass is 19.4. The second-order valence-electron chi connectivity index (χ2n) is 5.24. The van der Waals surface area contributed by atoms with Crippen molar-refractivity contribution in [3.63, 3.8) is 0 Å². The molecule has 1 atom stereocenters. The molecule has 0 bridgehead atoms. The summed E-state index contributed by atoms with van der Waals surface area (Å²) in [7, 11) is 0. The zero-order valence-electron chi connectivity index (χ0n) is 12.3. The number of benzene rings is 1. The molecule has 0 saturated carbocycles. The summed E-state index contributed by atoms with van der Waals surface area (Å²) in [5.74, 6) is -2.85. The van der Waals surface area contributed by atoms with Gasteiger partial charge in [0, 0.05) is 19.2 Å². The molecule has 2 N–H and O–H groups in total. The highest BCUT2D eigenvalue weighted by Crippen LogP contribution is 2.28. The van der Waals surface area contributed by atoms with Crippen LogP contribution in [0.25, 0.3) is 0 Å². The first-order chi connectivity index (χ1) is 11.2. The second-order valence-corrected chi connectivity index (χ2v) is 5.24. The van der Waals surface area contributed by atoms with E-state index in [4.69, 9.17) is 5.11 Å². The molecular formula is C14H14F4N2O4. The van der Waals surface area contributed by atoms with Crippen LogP contribution >= 0.6 is 0 Å². The van der Waals surface area contributed by atoms with Crippen molar-refractivity contribution in [3.8, 4) is 5.75 Å². The van der Waals surface area contributed by atoms with E-state index in [-0.39, 0.29) is 30.9 Å². The number of anilines is 1. The van der Waals surface area contributed by atoms with Gasteiger partial charge in [-0.2, -0.15) is 13.2 Å². The van der Waals surface area contributed by atoms with Crippen LogP contribution in [0.1, 0.15) is 6.42 Å². The number of aliphatic carboxylic acids is 1. The first kappa shape index (κ1) is 17.8. The Morgan fingerprint density at radius 1 is 1.38 bits per heavy atom. The number of carboxylic acid groups (broad SMARTS) is 1. The monoisotopic (exact) mass is 350 g/mol. The number of carbonyl (C=O) groups excluding carboxylic acids is 1. The molecule has 1 aromatic rings. The van der Waals surface area contributed by atoms with Gasteiger partial charge in [-0.3, -0.25) is 4.79 Å². The van der Waals surface area contributed by atoms with E-state index in [1.54, 1.807) is 0 Å². The van der Waals surface area contributed by atoms with Gasteiger partial charge in [-0.15, -0.1) is 0 Å². The van der Waals surface area contributed by atoms with Crippen LogP contribution in [0.15, 0.2) is 18.2 Å². The van der Waals surface area contributed by atoms with Crippen molar-refractivity contribution in [1.82, 2.24) is 4.90 Å². The third-order valence-electron chi connectivity index (χ3n) is 3.40. The lowest BCUT2D eigenvalue weighted by Gasteiger charge is -2.19. The number of urea groups is 1. The number of carboxylic acids is 1. The van der Waals surface area contributed by atoms with Crippen molar-refractivity contribution in [1.29, 1.82) is 0 Å². The summed E-state index contributed by atoms with van der Waals surface area (Å²) in [5.41, 5.74) is -0.261. The minimum absolute atomic E-state index is 0.0325. The van der Waals surface area contributed by atoms with Crippen LogP contribution in [0.4, 0.5) is 28.0 Å². The highest BCUT2D eigenvalue weighted by molar-refractivity contribution is 5.91. The summed E-state index contributed by atoms with van der Waals surface area (Å²) in [6.07, 6.45) is -4.32. The van der Waals surface area contributed by atoms with Gasteiger partial charge in [-0.1, -0.05) is 0 Å². The molecule has 0 aliphatic carbocycles. The summed E-state index contributed by atoms with van der Waals surface area (Å²) in [5, 5.41) is 11.1. The smallest absolute Gasteiger partial charge is 0.422 e. The molecule has 2 rings (SSSR count). The minimum atomic E-state index is -4.58. The van der Waals surface area contributed by atoms with E-state index in [2.05, 4.69) is 10.1 Å². The molecular weight excluding hydrogens is 336 g/mol. The first-order valence-corrected chi connectivity index (χ1v) is 6.93. The number of rotatable bonds is 4. The maximum absolute atomic E-state index is 13.3. The van der Waals surface area contributed by atoms with Crippen molar-refractivity contribution >= 4 is 17.7 Å². The fourth-order valence-corrected chi connectivity index (χ4v) is 2.23. The Balaban J connectivity index is 2.06. The van der Waals surface area contributed by atoms with Crippen molar-refractivity contribution < 1.29 is 37.0 Å². The second kappa shape index (κ2) is 6.93. The summed E-state index contributed by atoms with van der Waals surface area (Å²) in [6, 6.07) is 1.97. The van der Waals surface area contributed by atoms with Crippen LogP contribution in [-0.2, 0) is 4.79 Å². The number of carbonyl (C=O) groups is 2. The number of hydrogen-bond acceptors (Lipinski definition) is 3. The van der Waals surface area contributed by atoms with Gasteiger partial charge in [0.2, 0.25) is 0 Å². The van der Waals surface area contributed by atoms with Gasteiger partial charge in [-0.05, 0) is 18.6 Å². The number of alkyl halides is 3. The van der Waals surface area contributed by atoms with Crippen molar-refractivity contribution in [2.24, 2.45) is 5.92 Å². The lowest BCUT2D eigenvalue weighted by molar-refractivity contribution is -0.153. The Bertz CT molecular complexity index is 636. The summed E-state index contributed by atoms with van der Waals surface area (Å²) >= 11 is 0. The van der Waals surface area contributed by atoms with Gasteiger partial charge >= 0.3 is 18.2 Å². The van der Waals surface area contributed by atoms with Crippen LogP contribution in [0.2, 0.25) is 0 Å². The number of hydrogen-bond donors (Lipinski definition) is 2. The molecule has 0 radical (unpaired) electrons. The summed E-state index contributed by atoms with van der Waals surface area (Å²) in [4.78, 5) is 24.1. The Morgan fingerprint density at radius 3 is 2.67 bits per heavy atom. The third-order valence-corrected chi connectivity index (χ3v) is 3.40. The van der Waals surface area contributed by atoms with E-state index in [1.165, 1.54) is 4.90 Å². The van der Waals surface area contributed by atoms with E-state index in [1.807, 2.05) is 0 Å². The molecule has 1 aromatic carbocycles. The van der Waals surface area contributed by atoms with Crippen LogP contribution in [0.3, 0.4) is 0 Å². The molecule has 1 aliphatic rings. The molecule has 6 nitrogen and oxygen atoms in total. The average Bonchev–Trinajstić information content (AvgIpc) is 2.95. The first-order valence-electron chi connectivity index (χ1n) is 6.93. The zero-order chi connectivity index (χ0) is 17.9. The minimum Gasteiger partial charge on any atom is -0.482 e. The lowest BCUT2D eigenvalue weighted by atomic mass is 10.1. The van der Waals surface area contributed by atoms with Crippen molar-refractivity contribution in [2.45, 2.75) is 12.6 Å². The number of halogens is 4. The van der Waals surface area contributed by atoms with E-state index in [9.17, 15) is 27.2 Å². The van der Waals surface area contributed by atoms with E-state index in [0.29, 0.717) is 0 Å². The number of amides is 2. The number of ether oxygens (including phenoxy) is 1. The molecule has 0 spiro atoms. The molecule has 0 aromatic heterocycles. The van der Waals surface area contributed by atoms with Gasteiger partial charge in [0.1, 0.15) is 11.6 Å². The Morgan fingerprint density at radius 2 is 2.08 bits per heavy atom. The number of nitrogens with one attached hydrogen (secondary N) is 1. The predicted octanol–water partition coefficient (Wildman–Crippen LogP) is 2.71. The quantitative estimate of drug-likeness (QED) is 0.819. The van der Waals surface area contributed by atoms with Gasteiger partial charge in [0.25, 0.3) is 0 Å². The van der Waals surface area contributed by atoms with E-state index in [0.717, 1.165) is 18.2 Å². The normalized spacial score (nSPS) is 17.7. The van der Waals surface area contributed by atoms with Crippen LogP contribution in [-0.4, -0.2) is 47.9 Å². The third kappa shape index (κ3) is 4.74. The average molecular weight is 350 g/mol. The van der Waals surface area contributed by atoms with E-state index < -0.39 is 36.5 Å². The Labute approximate surface area is 134 Å². The molecule has 10 heteroatoms. The van der Waals surface area contributed by atoms with E-state index >= 15 is 0 Å². The highest BCUT2D eigenvalue weighted by Gasteiger charge is 2.32. The maximum Gasteiger partial charge on any atom is 0.422 e. The topological polar surface area (TPSA) is 78.9 Å². The fourth-order valence-electron chi connectivity index (χ4n) is 2.23. The predicted molar refractivity (Wildman–Crippen MR) is 74.3 cm³/mol. The van der Waals surface area contributed by atoms with Crippen molar-refractivity contribution in [2.75, 3.05) is 25.0 Å². The molecule has 2 amide bonds. The number of likely N-dealkylation sites (tertiary alicyclic amines) is 1. The Hall–Kier alpha value is -2.52. The van der Waals surface area contributed by atoms with Crippen LogP contribution in [0, 0.1) is 11.7 Å². The van der Waals surface area contributed by atoms with Crippen LogP contribution < -0.4 is 10.1 Å². The van der Waals surface area contributed by atoms with Crippen LogP contribution in [0.5, 0.6) is 5.75 Å². The molecule has 1 saturated heterocycles. The zero-order valence-corrected chi connectivity index (χ0v) is 12.3. The Kier molecular flexibility index (Phi) is 5.15. The SMILES string of the molecule is O=C(O)C1CCN(C(=O)Nc2cc(F)ccc2OCC(F)(F)F)C1. The van der Waals surface area contributed by atoms with Gasteiger partial charge in [0.05, 0.1) is 11.6 Å². The fraction of sp³-hybridized carbons (Fsp3) is 0.429. The largest absolute Gasteiger partial charge is 0.482 e. The molecule has 132 valence electrons. The lowest BCUT2D eigenvalue weighted by Crippen LogP contribution is -2.34. The van der Waals surface area contributed by atoms with Gasteiger partial charge < -0.3 is 20.1 Å². The standard InChI is InChI=1S/C14H14F4N2O4/c15-9-1-2-11(24-7-14(16,17)18)10(5-9)19-13(23)20-4-3-8(6-20)12(21)22/h1-2,5,8H,3-4,6-7H2,(H,19,23)(H,21,22). The van der Waals surface area contributed by atoms with Crippen molar-refractivity contribution in [3.05, 3.63) is 24.0 Å². The summed E-state index contributed by atoms with van der Waals surface area (Å²) < 4.78 is 54.5. The summed E-state index contributed by atoms with van der Waals surface area (Å²) in [6.45, 7) is -1.45. The molecule has 1 heterocycles. The molecule has 1 aliphatic heterocycles. The molecule has 1 fully saturated rings. The molecule has 1 unspecified atom stereocenters. The maximum atomic E-state index is 13.3. The van der Waals surface area contributed by atoms with Gasteiger partial charge in [-0.25, -0.2) is 9.18 Å². The van der Waals surface area contributed by atoms with Gasteiger partial charge in [0.15, 0.2) is 6.61 Å². The number of nitrogens with zero attached hydrogens (tertiary/aromatic N) is 1.